The van der Waals surface area contributed by atoms with E-state index in [4.69, 9.17) is 17.3 Å². The second-order valence-corrected chi connectivity index (χ2v) is 6.46. The van der Waals surface area contributed by atoms with Gasteiger partial charge >= 0.3 is 0 Å². The van der Waals surface area contributed by atoms with Gasteiger partial charge in [-0.1, -0.05) is 23.7 Å². The minimum absolute atomic E-state index is 0.0665. The Morgan fingerprint density at radius 2 is 2.00 bits per heavy atom. The minimum Gasteiger partial charge on any atom is -0.399 e. The summed E-state index contributed by atoms with van der Waals surface area (Å²) in [5.41, 5.74) is 8.08. The first-order valence-electron chi connectivity index (χ1n) is 6.48. The number of hydrogen-bond acceptors (Lipinski definition) is 2. The number of nitrogens with zero attached hydrogens (tertiary/aromatic N) is 1. The van der Waals surface area contributed by atoms with Crippen molar-refractivity contribution in [1.29, 1.82) is 0 Å². The summed E-state index contributed by atoms with van der Waals surface area (Å²) in [6, 6.07) is 12.8. The Kier molecular flexibility index (Phi) is 5.11. The van der Waals surface area contributed by atoms with Crippen LogP contribution in [-0.4, -0.2) is 17.9 Å². The predicted molar refractivity (Wildman–Crippen MR) is 95.5 cm³/mol. The van der Waals surface area contributed by atoms with Crippen LogP contribution in [-0.2, 0) is 0 Å². The molecule has 0 aliphatic heterocycles. The van der Waals surface area contributed by atoms with Crippen LogP contribution in [0.4, 0.5) is 5.69 Å². The van der Waals surface area contributed by atoms with E-state index in [0.29, 0.717) is 16.3 Å². The quantitative estimate of drug-likeness (QED) is 0.599. The average Bonchev–Trinajstić information content (AvgIpc) is 2.47. The summed E-state index contributed by atoms with van der Waals surface area (Å²) < 4.78 is 0.928. The van der Waals surface area contributed by atoms with Gasteiger partial charge in [-0.3, -0.25) is 4.79 Å². The molecule has 3 nitrogen and oxygen atoms in total. The molecule has 0 saturated heterocycles. The normalized spacial score (nSPS) is 12.0. The lowest BCUT2D eigenvalue weighted by Gasteiger charge is -2.25. The molecule has 0 spiro atoms. The number of halogens is 2. The van der Waals surface area contributed by atoms with Gasteiger partial charge in [0.25, 0.3) is 5.91 Å². The summed E-state index contributed by atoms with van der Waals surface area (Å²) in [6.07, 6.45) is 0. The molecular weight excluding hydrogens is 399 g/mol. The molecule has 0 bridgehead atoms. The van der Waals surface area contributed by atoms with Crippen molar-refractivity contribution in [2.24, 2.45) is 0 Å². The number of hydrogen-bond donors (Lipinski definition) is 1. The zero-order valence-corrected chi connectivity index (χ0v) is 14.7. The number of anilines is 1. The Labute approximate surface area is 143 Å². The minimum atomic E-state index is -0.0703. The van der Waals surface area contributed by atoms with E-state index >= 15 is 0 Å². The van der Waals surface area contributed by atoms with Crippen molar-refractivity contribution >= 4 is 45.8 Å². The van der Waals surface area contributed by atoms with Crippen LogP contribution < -0.4 is 5.73 Å². The summed E-state index contributed by atoms with van der Waals surface area (Å²) in [7, 11) is 1.78. The van der Waals surface area contributed by atoms with E-state index in [0.717, 1.165) is 9.13 Å². The SMILES string of the molecule is CC(c1cccc(N)c1)N(C)C(=O)c1ccc(I)c(Cl)c1. The molecule has 0 heterocycles. The molecule has 2 aromatic rings. The molecule has 1 amide bonds. The number of carbonyl (C=O) groups excluding carboxylic acids is 1. The first kappa shape index (κ1) is 16.1. The summed E-state index contributed by atoms with van der Waals surface area (Å²) >= 11 is 8.22. The number of benzene rings is 2. The van der Waals surface area contributed by atoms with Crippen molar-refractivity contribution in [3.63, 3.8) is 0 Å². The highest BCUT2D eigenvalue weighted by Gasteiger charge is 2.19. The van der Waals surface area contributed by atoms with Crippen molar-refractivity contribution in [2.75, 3.05) is 12.8 Å². The molecule has 2 rings (SSSR count). The van der Waals surface area contributed by atoms with Gasteiger partial charge in [0.05, 0.1) is 11.1 Å². The summed E-state index contributed by atoms with van der Waals surface area (Å²) in [6.45, 7) is 1.97. The average molecular weight is 415 g/mol. The van der Waals surface area contributed by atoms with Gasteiger partial charge in [0, 0.05) is 21.9 Å². The highest BCUT2D eigenvalue weighted by Crippen LogP contribution is 2.24. The summed E-state index contributed by atoms with van der Waals surface area (Å²) in [4.78, 5) is 14.2. The van der Waals surface area contributed by atoms with Crippen LogP contribution in [0, 0.1) is 3.57 Å². The lowest BCUT2D eigenvalue weighted by Crippen LogP contribution is -2.29. The molecule has 21 heavy (non-hydrogen) atoms. The Balaban J connectivity index is 2.24. The number of carbonyl (C=O) groups is 1. The molecule has 110 valence electrons. The number of rotatable bonds is 3. The zero-order valence-electron chi connectivity index (χ0n) is 11.8. The monoisotopic (exact) mass is 414 g/mol. The van der Waals surface area contributed by atoms with Crippen molar-refractivity contribution < 1.29 is 4.79 Å². The summed E-state index contributed by atoms with van der Waals surface area (Å²) in [5.74, 6) is -0.0665. The molecule has 0 aliphatic rings. The number of nitrogen functional groups attached to an aromatic ring is 1. The van der Waals surface area contributed by atoms with Gasteiger partial charge in [0.2, 0.25) is 0 Å². The van der Waals surface area contributed by atoms with Crippen LogP contribution in [0.2, 0.25) is 5.02 Å². The standard InChI is InChI=1S/C16H16ClIN2O/c1-10(11-4-3-5-13(19)8-11)20(2)16(21)12-6-7-15(18)14(17)9-12/h3-10H,19H2,1-2H3. The van der Waals surface area contributed by atoms with Crippen LogP contribution in [0.1, 0.15) is 28.9 Å². The smallest absolute Gasteiger partial charge is 0.254 e. The molecule has 5 heteroatoms. The molecule has 0 radical (unpaired) electrons. The second-order valence-electron chi connectivity index (χ2n) is 4.89. The molecule has 1 unspecified atom stereocenters. The van der Waals surface area contributed by atoms with E-state index in [-0.39, 0.29) is 11.9 Å². The van der Waals surface area contributed by atoms with Crippen LogP contribution in [0.5, 0.6) is 0 Å². The summed E-state index contributed by atoms with van der Waals surface area (Å²) in [5, 5.41) is 0.589. The van der Waals surface area contributed by atoms with Crippen LogP contribution >= 0.6 is 34.2 Å². The maximum Gasteiger partial charge on any atom is 0.254 e. The molecule has 2 N–H and O–H groups in total. The van der Waals surface area contributed by atoms with Crippen LogP contribution in [0.3, 0.4) is 0 Å². The first-order valence-corrected chi connectivity index (χ1v) is 7.93. The first-order chi connectivity index (χ1) is 9.90. The lowest BCUT2D eigenvalue weighted by atomic mass is 10.1. The Morgan fingerprint density at radius 3 is 2.62 bits per heavy atom. The van der Waals surface area contributed by atoms with Gasteiger partial charge in [0.15, 0.2) is 0 Å². The second kappa shape index (κ2) is 6.66. The van der Waals surface area contributed by atoms with E-state index < -0.39 is 0 Å². The predicted octanol–water partition coefficient (Wildman–Crippen LogP) is 4.36. The van der Waals surface area contributed by atoms with Crippen molar-refractivity contribution in [2.45, 2.75) is 13.0 Å². The van der Waals surface area contributed by atoms with Gasteiger partial charge in [-0.05, 0) is 65.4 Å². The molecular formula is C16H16ClIN2O. The van der Waals surface area contributed by atoms with E-state index in [1.54, 1.807) is 24.1 Å². The fourth-order valence-electron chi connectivity index (χ4n) is 2.05. The Bertz CT molecular complexity index is 675. The van der Waals surface area contributed by atoms with Crippen molar-refractivity contribution in [3.8, 4) is 0 Å². The largest absolute Gasteiger partial charge is 0.399 e. The molecule has 1 atom stereocenters. The topological polar surface area (TPSA) is 46.3 Å². The van der Waals surface area contributed by atoms with E-state index in [1.165, 1.54) is 0 Å². The third-order valence-electron chi connectivity index (χ3n) is 3.46. The van der Waals surface area contributed by atoms with Crippen LogP contribution in [0.15, 0.2) is 42.5 Å². The number of amides is 1. The van der Waals surface area contributed by atoms with Crippen molar-refractivity contribution in [1.82, 2.24) is 4.90 Å². The van der Waals surface area contributed by atoms with E-state index in [9.17, 15) is 4.79 Å². The van der Waals surface area contributed by atoms with E-state index in [1.807, 2.05) is 37.3 Å². The Hall–Kier alpha value is -1.27. The number of nitrogens with two attached hydrogens (primary N) is 1. The van der Waals surface area contributed by atoms with Gasteiger partial charge in [-0.15, -0.1) is 0 Å². The van der Waals surface area contributed by atoms with Gasteiger partial charge < -0.3 is 10.6 Å². The highest BCUT2D eigenvalue weighted by atomic mass is 127. The molecule has 0 aromatic heterocycles. The van der Waals surface area contributed by atoms with Gasteiger partial charge in [-0.2, -0.15) is 0 Å². The maximum absolute atomic E-state index is 12.5. The fraction of sp³-hybridized carbons (Fsp3) is 0.188. The molecule has 0 fully saturated rings. The molecule has 0 saturated carbocycles. The van der Waals surface area contributed by atoms with Gasteiger partial charge in [-0.25, -0.2) is 0 Å². The zero-order chi connectivity index (χ0) is 15.6. The third kappa shape index (κ3) is 3.68. The third-order valence-corrected chi connectivity index (χ3v) is 5.03. The van der Waals surface area contributed by atoms with Gasteiger partial charge in [0.1, 0.15) is 0 Å². The van der Waals surface area contributed by atoms with Crippen molar-refractivity contribution in [3.05, 3.63) is 62.2 Å². The highest BCUT2D eigenvalue weighted by molar-refractivity contribution is 14.1. The Morgan fingerprint density at radius 1 is 1.29 bits per heavy atom. The fourth-order valence-corrected chi connectivity index (χ4v) is 2.57. The molecule has 0 aliphatic carbocycles. The van der Waals surface area contributed by atoms with Crippen LogP contribution in [0.25, 0.3) is 0 Å². The molecule has 2 aromatic carbocycles. The maximum atomic E-state index is 12.5. The van der Waals surface area contributed by atoms with E-state index in [2.05, 4.69) is 22.6 Å². The lowest BCUT2D eigenvalue weighted by molar-refractivity contribution is 0.0742.